The minimum absolute atomic E-state index is 0.0513. The van der Waals surface area contributed by atoms with Crippen LogP contribution in [0.3, 0.4) is 0 Å². The highest BCUT2D eigenvalue weighted by molar-refractivity contribution is 5.76. The van der Waals surface area contributed by atoms with Gasteiger partial charge in [-0.25, -0.2) is 4.79 Å². The van der Waals surface area contributed by atoms with Gasteiger partial charge in [0.15, 0.2) is 0 Å². The zero-order valence-corrected chi connectivity index (χ0v) is 11.3. The van der Waals surface area contributed by atoms with E-state index in [9.17, 15) is 9.59 Å². The van der Waals surface area contributed by atoms with E-state index in [0.717, 1.165) is 0 Å². The Hall–Kier alpha value is -1.77. The number of hydrogen-bond donors (Lipinski definition) is 2. The molecule has 0 radical (unpaired) electrons. The van der Waals surface area contributed by atoms with Gasteiger partial charge in [-0.15, -0.1) is 0 Å². The Bertz CT molecular complexity index is 336. The first kappa shape index (κ1) is 16.2. The summed E-state index contributed by atoms with van der Waals surface area (Å²) >= 11 is 0. The van der Waals surface area contributed by atoms with E-state index in [1.165, 1.54) is 4.90 Å². The number of nitrogens with one attached hydrogen (secondary N) is 1. The van der Waals surface area contributed by atoms with Gasteiger partial charge >= 0.3 is 12.0 Å². The molecule has 0 aromatic carbocycles. The molecule has 2 N–H and O–H groups in total. The normalized spacial score (nSPS) is 13.6. The van der Waals surface area contributed by atoms with Gasteiger partial charge in [0.1, 0.15) is 0 Å². The van der Waals surface area contributed by atoms with Gasteiger partial charge in [0.05, 0.1) is 18.4 Å². The highest BCUT2D eigenvalue weighted by atomic mass is 16.4. The highest BCUT2D eigenvalue weighted by Gasteiger charge is 2.23. The molecule has 2 unspecified atom stereocenters. The Balaban J connectivity index is 4.32. The van der Waals surface area contributed by atoms with E-state index < -0.39 is 11.9 Å². The van der Waals surface area contributed by atoms with Crippen molar-refractivity contribution in [2.24, 2.45) is 11.8 Å². The second-order valence-corrected chi connectivity index (χ2v) is 4.70. The molecule has 0 aliphatic rings. The molecule has 0 saturated carbocycles. The van der Waals surface area contributed by atoms with Crippen LogP contribution in [-0.2, 0) is 4.79 Å². The minimum atomic E-state index is -0.918. The number of aliphatic carboxylic acids is 1. The van der Waals surface area contributed by atoms with E-state index >= 15 is 0 Å². The first-order chi connectivity index (χ1) is 8.31. The molecule has 0 fully saturated rings. The van der Waals surface area contributed by atoms with Crippen molar-refractivity contribution in [2.45, 2.75) is 33.2 Å². The number of nitriles is 1. The Labute approximate surface area is 108 Å². The Morgan fingerprint density at radius 2 is 1.94 bits per heavy atom. The van der Waals surface area contributed by atoms with Gasteiger partial charge in [-0.2, -0.15) is 5.26 Å². The summed E-state index contributed by atoms with van der Waals surface area (Å²) in [6, 6.07) is 1.44. The molecule has 0 aromatic heterocycles. The summed E-state index contributed by atoms with van der Waals surface area (Å²) in [5.74, 6) is -1.57. The lowest BCUT2D eigenvalue weighted by Crippen LogP contribution is -2.45. The van der Waals surface area contributed by atoms with Crippen LogP contribution in [0.5, 0.6) is 0 Å². The van der Waals surface area contributed by atoms with Crippen LogP contribution in [0.2, 0.25) is 0 Å². The fourth-order valence-electron chi connectivity index (χ4n) is 1.40. The van der Waals surface area contributed by atoms with Crippen molar-refractivity contribution in [3.8, 4) is 6.07 Å². The molecule has 0 aliphatic heterocycles. The Morgan fingerprint density at radius 1 is 1.39 bits per heavy atom. The van der Waals surface area contributed by atoms with Gasteiger partial charge in [-0.3, -0.25) is 4.79 Å². The first-order valence-electron chi connectivity index (χ1n) is 5.91. The number of carboxylic acids is 1. The molecule has 2 amide bonds. The van der Waals surface area contributed by atoms with E-state index in [1.54, 1.807) is 27.8 Å². The molecule has 0 aliphatic carbocycles. The van der Waals surface area contributed by atoms with Crippen molar-refractivity contribution in [3.05, 3.63) is 0 Å². The molecule has 0 bridgehead atoms. The lowest BCUT2D eigenvalue weighted by atomic mass is 9.96. The first-order valence-corrected chi connectivity index (χ1v) is 5.91. The lowest BCUT2D eigenvalue weighted by Gasteiger charge is -2.25. The standard InChI is InChI=1S/C12H21N3O3/c1-8(2)10(11(16)17)7-14-12(18)15(4)9(3)5-6-13/h8-10H,5,7H2,1-4H3,(H,14,18)(H,16,17). The summed E-state index contributed by atoms with van der Waals surface area (Å²) in [5.41, 5.74) is 0. The predicted octanol–water partition coefficient (Wildman–Crippen LogP) is 1.29. The van der Waals surface area contributed by atoms with Gasteiger partial charge in [0.2, 0.25) is 0 Å². The van der Waals surface area contributed by atoms with Gasteiger partial charge < -0.3 is 15.3 Å². The number of carboxylic acid groups (broad SMARTS) is 1. The van der Waals surface area contributed by atoms with Gasteiger partial charge in [-0.1, -0.05) is 13.8 Å². The molecule has 0 saturated heterocycles. The monoisotopic (exact) mass is 255 g/mol. The molecular formula is C12H21N3O3. The second kappa shape index (κ2) is 7.54. The molecule has 6 nitrogen and oxygen atoms in total. The summed E-state index contributed by atoms with van der Waals surface area (Å²) in [4.78, 5) is 24.1. The molecular weight excluding hydrogens is 234 g/mol. The number of rotatable bonds is 6. The summed E-state index contributed by atoms with van der Waals surface area (Å²) in [5, 5.41) is 20.1. The van der Waals surface area contributed by atoms with Gasteiger partial charge in [0, 0.05) is 19.6 Å². The average molecular weight is 255 g/mol. The third-order valence-corrected chi connectivity index (χ3v) is 2.96. The minimum Gasteiger partial charge on any atom is -0.481 e. The zero-order valence-electron chi connectivity index (χ0n) is 11.3. The van der Waals surface area contributed by atoms with Crippen molar-refractivity contribution < 1.29 is 14.7 Å². The van der Waals surface area contributed by atoms with Crippen molar-refractivity contribution >= 4 is 12.0 Å². The number of carbonyl (C=O) groups is 2. The third kappa shape index (κ3) is 5.04. The Morgan fingerprint density at radius 3 is 2.33 bits per heavy atom. The second-order valence-electron chi connectivity index (χ2n) is 4.70. The summed E-state index contributed by atoms with van der Waals surface area (Å²) in [6.45, 7) is 5.45. The number of urea groups is 1. The lowest BCUT2D eigenvalue weighted by molar-refractivity contribution is -0.142. The maximum absolute atomic E-state index is 11.7. The number of hydrogen-bond acceptors (Lipinski definition) is 3. The van der Waals surface area contributed by atoms with E-state index in [-0.39, 0.29) is 31.0 Å². The molecule has 18 heavy (non-hydrogen) atoms. The van der Waals surface area contributed by atoms with E-state index in [1.807, 2.05) is 6.07 Å². The zero-order chi connectivity index (χ0) is 14.3. The number of amides is 2. The van der Waals surface area contributed by atoms with Crippen molar-refractivity contribution in [3.63, 3.8) is 0 Å². The molecule has 0 heterocycles. The molecule has 0 rings (SSSR count). The van der Waals surface area contributed by atoms with Crippen LogP contribution < -0.4 is 5.32 Å². The van der Waals surface area contributed by atoms with Crippen LogP contribution in [0, 0.1) is 23.2 Å². The molecule has 0 spiro atoms. The maximum Gasteiger partial charge on any atom is 0.317 e. The number of carbonyl (C=O) groups excluding carboxylic acids is 1. The molecule has 102 valence electrons. The van der Waals surface area contributed by atoms with Crippen LogP contribution >= 0.6 is 0 Å². The van der Waals surface area contributed by atoms with Crippen LogP contribution in [-0.4, -0.2) is 41.6 Å². The summed E-state index contributed by atoms with van der Waals surface area (Å²) < 4.78 is 0. The van der Waals surface area contributed by atoms with Crippen LogP contribution in [0.15, 0.2) is 0 Å². The highest BCUT2D eigenvalue weighted by Crippen LogP contribution is 2.10. The maximum atomic E-state index is 11.7. The predicted molar refractivity (Wildman–Crippen MR) is 66.8 cm³/mol. The van der Waals surface area contributed by atoms with E-state index in [4.69, 9.17) is 10.4 Å². The topological polar surface area (TPSA) is 93.4 Å². The fourth-order valence-corrected chi connectivity index (χ4v) is 1.40. The molecule has 6 heteroatoms. The van der Waals surface area contributed by atoms with Crippen LogP contribution in [0.25, 0.3) is 0 Å². The van der Waals surface area contributed by atoms with Crippen molar-refractivity contribution in [2.75, 3.05) is 13.6 Å². The summed E-state index contributed by atoms with van der Waals surface area (Å²) in [7, 11) is 1.59. The van der Waals surface area contributed by atoms with Crippen molar-refractivity contribution in [1.29, 1.82) is 5.26 Å². The Kier molecular flexibility index (Phi) is 6.79. The van der Waals surface area contributed by atoms with Crippen LogP contribution in [0.1, 0.15) is 27.2 Å². The molecule has 2 atom stereocenters. The largest absolute Gasteiger partial charge is 0.481 e. The SMILES string of the molecule is CC(C)C(CNC(=O)N(C)C(C)CC#N)C(=O)O. The summed E-state index contributed by atoms with van der Waals surface area (Å²) in [6.07, 6.45) is 0.246. The fraction of sp³-hybridized carbons (Fsp3) is 0.750. The van der Waals surface area contributed by atoms with Crippen molar-refractivity contribution in [1.82, 2.24) is 10.2 Å². The van der Waals surface area contributed by atoms with Crippen LogP contribution in [0.4, 0.5) is 4.79 Å². The van der Waals surface area contributed by atoms with E-state index in [0.29, 0.717) is 0 Å². The average Bonchev–Trinajstić information content (AvgIpc) is 2.27. The van der Waals surface area contributed by atoms with E-state index in [2.05, 4.69) is 5.32 Å². The number of nitrogens with zero attached hydrogens (tertiary/aromatic N) is 2. The smallest absolute Gasteiger partial charge is 0.317 e. The van der Waals surface area contributed by atoms with Gasteiger partial charge in [0.25, 0.3) is 0 Å². The molecule has 0 aromatic rings. The van der Waals surface area contributed by atoms with Gasteiger partial charge in [-0.05, 0) is 12.8 Å². The quantitative estimate of drug-likeness (QED) is 0.747. The third-order valence-electron chi connectivity index (χ3n) is 2.96.